The van der Waals surface area contributed by atoms with E-state index < -0.39 is 30.1 Å². The van der Waals surface area contributed by atoms with E-state index in [1.54, 1.807) is 30.3 Å². The van der Waals surface area contributed by atoms with E-state index in [2.05, 4.69) is 22.8 Å². The number of carbonyl (C=O) groups is 3. The Morgan fingerprint density at radius 3 is 2.00 bits per heavy atom. The van der Waals surface area contributed by atoms with Crippen molar-refractivity contribution in [2.75, 3.05) is 6.61 Å². The van der Waals surface area contributed by atoms with Crippen LogP contribution in [0, 0.1) is 0 Å². The van der Waals surface area contributed by atoms with Crippen molar-refractivity contribution in [2.45, 2.75) is 37.8 Å². The quantitative estimate of drug-likeness (QED) is 0.421. The highest BCUT2D eigenvalue weighted by Gasteiger charge is 2.31. The van der Waals surface area contributed by atoms with Crippen LogP contribution in [-0.2, 0) is 14.3 Å². The average molecular weight is 473 g/mol. The first-order chi connectivity index (χ1) is 17.0. The van der Waals surface area contributed by atoms with Gasteiger partial charge in [0.15, 0.2) is 0 Å². The lowest BCUT2D eigenvalue weighted by Gasteiger charge is -2.22. The van der Waals surface area contributed by atoms with Crippen molar-refractivity contribution in [3.05, 3.63) is 95.6 Å². The van der Waals surface area contributed by atoms with Gasteiger partial charge in [-0.1, -0.05) is 92.2 Å². The summed E-state index contributed by atoms with van der Waals surface area (Å²) in [6.07, 6.45) is 0.124. The highest BCUT2D eigenvalue weighted by molar-refractivity contribution is 5.90. The zero-order valence-electron chi connectivity index (χ0n) is 19.4. The van der Waals surface area contributed by atoms with E-state index in [4.69, 9.17) is 4.74 Å². The Balaban J connectivity index is 1.48. The summed E-state index contributed by atoms with van der Waals surface area (Å²) in [5, 5.41) is 14.6. The first-order valence-electron chi connectivity index (χ1n) is 11.7. The maximum absolute atomic E-state index is 13.0. The van der Waals surface area contributed by atoms with E-state index >= 15 is 0 Å². The number of ether oxygens (including phenoxy) is 1. The number of fused-ring (bicyclic) bond motifs is 3. The third-order valence-electron chi connectivity index (χ3n) is 6.19. The number of benzene rings is 3. The number of carboxylic acids is 1. The SMILES string of the molecule is CCC[C@H](NC(=O)C(NC(=O)OCC1c2ccccc2-c2ccccc21)c1ccccc1)C(=O)O. The fraction of sp³-hybridized carbons (Fsp3) is 0.250. The molecule has 3 N–H and O–H groups in total. The van der Waals surface area contributed by atoms with Crippen LogP contribution in [0.3, 0.4) is 0 Å². The maximum Gasteiger partial charge on any atom is 0.408 e. The van der Waals surface area contributed by atoms with Crippen LogP contribution in [0.5, 0.6) is 0 Å². The number of hydrogen-bond donors (Lipinski definition) is 3. The molecule has 0 spiro atoms. The van der Waals surface area contributed by atoms with E-state index in [0.717, 1.165) is 22.3 Å². The molecule has 0 aromatic heterocycles. The monoisotopic (exact) mass is 472 g/mol. The Morgan fingerprint density at radius 1 is 0.857 bits per heavy atom. The summed E-state index contributed by atoms with van der Waals surface area (Å²) in [6, 6.07) is 22.6. The van der Waals surface area contributed by atoms with Gasteiger partial charge in [0.1, 0.15) is 18.7 Å². The van der Waals surface area contributed by atoms with Crippen LogP contribution in [0.4, 0.5) is 4.79 Å². The Kier molecular flexibility index (Phi) is 7.45. The van der Waals surface area contributed by atoms with E-state index in [9.17, 15) is 19.5 Å². The van der Waals surface area contributed by atoms with E-state index in [-0.39, 0.29) is 18.9 Å². The lowest BCUT2D eigenvalue weighted by molar-refractivity contribution is -0.142. The number of aliphatic carboxylic acids is 1. The Bertz CT molecular complexity index is 1170. The molecule has 7 heteroatoms. The molecule has 2 amide bonds. The van der Waals surface area contributed by atoms with Gasteiger partial charge in [0.05, 0.1) is 0 Å². The third-order valence-corrected chi connectivity index (χ3v) is 6.19. The molecule has 0 aliphatic heterocycles. The molecular weight excluding hydrogens is 444 g/mol. The van der Waals surface area contributed by atoms with Gasteiger partial charge in [-0.25, -0.2) is 9.59 Å². The van der Waals surface area contributed by atoms with Crippen molar-refractivity contribution < 1.29 is 24.2 Å². The molecule has 1 aliphatic rings. The number of alkyl carbamates (subject to hydrolysis) is 1. The van der Waals surface area contributed by atoms with Gasteiger partial charge >= 0.3 is 12.1 Å². The Hall–Kier alpha value is -4.13. The van der Waals surface area contributed by atoms with Crippen molar-refractivity contribution >= 4 is 18.0 Å². The Labute approximate surface area is 204 Å². The van der Waals surface area contributed by atoms with Gasteiger partial charge in [-0.2, -0.15) is 0 Å². The lowest BCUT2D eigenvalue weighted by Crippen LogP contribution is -2.47. The summed E-state index contributed by atoms with van der Waals surface area (Å²) in [5.74, 6) is -1.84. The molecule has 3 aromatic carbocycles. The first kappa shape index (κ1) is 24.0. The van der Waals surface area contributed by atoms with Gasteiger partial charge < -0.3 is 20.5 Å². The molecule has 0 radical (unpaired) electrons. The number of carbonyl (C=O) groups excluding carboxylic acids is 2. The van der Waals surface area contributed by atoms with E-state index in [1.165, 1.54) is 0 Å². The summed E-state index contributed by atoms with van der Waals surface area (Å²) >= 11 is 0. The van der Waals surface area contributed by atoms with Gasteiger partial charge in [-0.15, -0.1) is 0 Å². The van der Waals surface area contributed by atoms with Crippen LogP contribution in [0.25, 0.3) is 11.1 Å². The van der Waals surface area contributed by atoms with Crippen molar-refractivity contribution in [1.82, 2.24) is 10.6 Å². The van der Waals surface area contributed by atoms with Crippen molar-refractivity contribution in [3.8, 4) is 11.1 Å². The minimum absolute atomic E-state index is 0.108. The largest absolute Gasteiger partial charge is 0.480 e. The molecule has 4 rings (SSSR count). The van der Waals surface area contributed by atoms with Gasteiger partial charge in [0.2, 0.25) is 5.91 Å². The van der Waals surface area contributed by atoms with Crippen LogP contribution in [0.2, 0.25) is 0 Å². The summed E-state index contributed by atoms with van der Waals surface area (Å²) in [4.78, 5) is 37.4. The highest BCUT2D eigenvalue weighted by atomic mass is 16.5. The predicted octanol–water partition coefficient (Wildman–Crippen LogP) is 4.64. The van der Waals surface area contributed by atoms with Crippen LogP contribution < -0.4 is 10.6 Å². The normalized spacial score (nSPS) is 13.7. The fourth-order valence-corrected chi connectivity index (χ4v) is 4.50. The second-order valence-electron chi connectivity index (χ2n) is 8.50. The minimum atomic E-state index is -1.12. The highest BCUT2D eigenvalue weighted by Crippen LogP contribution is 2.44. The van der Waals surface area contributed by atoms with Crippen LogP contribution in [-0.4, -0.2) is 35.7 Å². The number of amides is 2. The number of nitrogens with one attached hydrogen (secondary N) is 2. The molecule has 3 aromatic rings. The van der Waals surface area contributed by atoms with Gasteiger partial charge in [-0.3, -0.25) is 4.79 Å². The number of carboxylic acid groups (broad SMARTS) is 1. The standard InChI is InChI=1S/C28H28N2O5/c1-2-10-24(27(32)33)29-26(31)25(18-11-4-3-5-12-18)30-28(34)35-17-23-21-15-8-6-13-19(21)20-14-7-9-16-22(20)23/h3-9,11-16,23-25H,2,10,17H2,1H3,(H,29,31)(H,30,34)(H,32,33)/t24-,25?/m0/s1. The minimum Gasteiger partial charge on any atom is -0.480 e. The zero-order chi connectivity index (χ0) is 24.8. The molecule has 180 valence electrons. The van der Waals surface area contributed by atoms with Crippen molar-refractivity contribution in [2.24, 2.45) is 0 Å². The number of rotatable bonds is 9. The first-order valence-corrected chi connectivity index (χ1v) is 11.7. The van der Waals surface area contributed by atoms with Crippen LogP contribution >= 0.6 is 0 Å². The lowest BCUT2D eigenvalue weighted by atomic mass is 9.98. The number of hydrogen-bond acceptors (Lipinski definition) is 4. The molecule has 0 saturated heterocycles. The summed E-state index contributed by atoms with van der Waals surface area (Å²) < 4.78 is 5.60. The molecule has 1 aliphatic carbocycles. The molecule has 0 saturated carbocycles. The average Bonchev–Trinajstić information content (AvgIpc) is 3.20. The molecule has 0 heterocycles. The van der Waals surface area contributed by atoms with Gasteiger partial charge in [0.25, 0.3) is 0 Å². The summed E-state index contributed by atoms with van der Waals surface area (Å²) in [6.45, 7) is 1.95. The third kappa shape index (κ3) is 5.35. The summed E-state index contributed by atoms with van der Waals surface area (Å²) in [5.41, 5.74) is 4.94. The topological polar surface area (TPSA) is 105 Å². The van der Waals surface area contributed by atoms with Gasteiger partial charge in [0, 0.05) is 5.92 Å². The summed E-state index contributed by atoms with van der Waals surface area (Å²) in [7, 11) is 0. The molecule has 35 heavy (non-hydrogen) atoms. The van der Waals surface area contributed by atoms with Crippen LogP contribution in [0.15, 0.2) is 78.9 Å². The smallest absolute Gasteiger partial charge is 0.408 e. The second kappa shape index (κ2) is 10.9. The Morgan fingerprint density at radius 2 is 1.43 bits per heavy atom. The van der Waals surface area contributed by atoms with Crippen molar-refractivity contribution in [3.63, 3.8) is 0 Å². The van der Waals surface area contributed by atoms with E-state index in [0.29, 0.717) is 12.0 Å². The predicted molar refractivity (Wildman–Crippen MR) is 132 cm³/mol. The van der Waals surface area contributed by atoms with E-state index in [1.807, 2.05) is 43.3 Å². The molecule has 1 unspecified atom stereocenters. The second-order valence-corrected chi connectivity index (χ2v) is 8.50. The molecule has 2 atom stereocenters. The molecule has 7 nitrogen and oxygen atoms in total. The molecule has 0 bridgehead atoms. The van der Waals surface area contributed by atoms with Gasteiger partial charge in [-0.05, 0) is 34.2 Å². The molecule has 0 fully saturated rings. The fourth-order valence-electron chi connectivity index (χ4n) is 4.50. The van der Waals surface area contributed by atoms with Crippen molar-refractivity contribution in [1.29, 1.82) is 0 Å². The van der Waals surface area contributed by atoms with Crippen LogP contribution in [0.1, 0.15) is 48.4 Å². The maximum atomic E-state index is 13.0. The molecular formula is C28H28N2O5. The zero-order valence-corrected chi connectivity index (χ0v) is 19.4.